The summed E-state index contributed by atoms with van der Waals surface area (Å²) in [5.74, 6) is -0.274. The molecule has 0 fully saturated rings. The number of carbonyl (C=O) groups is 1. The molecule has 1 amide bonds. The van der Waals surface area contributed by atoms with Crippen LogP contribution in [0.15, 0.2) is 18.2 Å². The van der Waals surface area contributed by atoms with Crippen molar-refractivity contribution in [1.29, 1.82) is 0 Å². The second-order valence-electron chi connectivity index (χ2n) is 3.38. The number of halogens is 1. The molecule has 0 unspecified atom stereocenters. The van der Waals surface area contributed by atoms with Crippen molar-refractivity contribution in [2.24, 2.45) is 0 Å². The Labute approximate surface area is 107 Å². The molecular formula is C10H9ClN4OS. The largest absolute Gasteiger partial charge is 0.399 e. The van der Waals surface area contributed by atoms with Crippen LogP contribution in [0.25, 0.3) is 0 Å². The van der Waals surface area contributed by atoms with Crippen molar-refractivity contribution >= 4 is 40.4 Å². The van der Waals surface area contributed by atoms with E-state index in [0.29, 0.717) is 27.0 Å². The van der Waals surface area contributed by atoms with Crippen molar-refractivity contribution in [3.05, 3.63) is 33.8 Å². The van der Waals surface area contributed by atoms with Gasteiger partial charge in [0, 0.05) is 5.69 Å². The van der Waals surface area contributed by atoms with Gasteiger partial charge < -0.3 is 11.1 Å². The molecule has 1 heterocycles. The molecule has 0 saturated heterocycles. The average Bonchev–Trinajstić information content (AvgIpc) is 2.68. The molecule has 3 N–H and O–H groups in total. The van der Waals surface area contributed by atoms with E-state index in [2.05, 4.69) is 14.9 Å². The number of nitrogens with two attached hydrogens (primary N) is 1. The fourth-order valence-corrected chi connectivity index (χ4v) is 2.04. The molecule has 0 aliphatic carbocycles. The Morgan fingerprint density at radius 2 is 2.29 bits per heavy atom. The average molecular weight is 269 g/mol. The molecule has 17 heavy (non-hydrogen) atoms. The third-order valence-corrected chi connectivity index (χ3v) is 3.24. The highest BCUT2D eigenvalue weighted by atomic mass is 35.5. The van der Waals surface area contributed by atoms with E-state index in [4.69, 9.17) is 17.3 Å². The monoisotopic (exact) mass is 268 g/mol. The highest BCUT2D eigenvalue weighted by Crippen LogP contribution is 2.25. The maximum Gasteiger partial charge on any atom is 0.269 e. The molecule has 2 rings (SSSR count). The number of aromatic nitrogens is 2. The zero-order valence-electron chi connectivity index (χ0n) is 8.90. The number of carbonyl (C=O) groups excluding carboxylic acids is 1. The van der Waals surface area contributed by atoms with Crippen LogP contribution < -0.4 is 11.1 Å². The van der Waals surface area contributed by atoms with Crippen LogP contribution in [-0.2, 0) is 0 Å². The number of nitrogen functional groups attached to an aromatic ring is 1. The van der Waals surface area contributed by atoms with Gasteiger partial charge in [0.15, 0.2) is 0 Å². The summed E-state index contributed by atoms with van der Waals surface area (Å²) in [6, 6.07) is 4.90. The SMILES string of the molecule is Cc1nnsc1C(=O)Nc1ccc(N)cc1Cl. The van der Waals surface area contributed by atoms with Crippen LogP contribution in [-0.4, -0.2) is 15.5 Å². The van der Waals surface area contributed by atoms with Crippen molar-refractivity contribution in [2.75, 3.05) is 11.1 Å². The Balaban J connectivity index is 2.22. The van der Waals surface area contributed by atoms with Gasteiger partial charge in [-0.1, -0.05) is 16.1 Å². The van der Waals surface area contributed by atoms with Gasteiger partial charge in [0.2, 0.25) is 0 Å². The summed E-state index contributed by atoms with van der Waals surface area (Å²) in [5, 5.41) is 6.85. The van der Waals surface area contributed by atoms with Gasteiger partial charge in [-0.25, -0.2) is 0 Å². The first-order valence-corrected chi connectivity index (χ1v) is 5.88. The van der Waals surface area contributed by atoms with E-state index >= 15 is 0 Å². The van der Waals surface area contributed by atoms with Crippen molar-refractivity contribution < 1.29 is 4.79 Å². The number of amides is 1. The standard InChI is InChI=1S/C10H9ClN4OS/c1-5-9(17-15-14-5)10(16)13-8-3-2-6(12)4-7(8)11/h2-4H,12H2,1H3,(H,13,16). The molecule has 88 valence electrons. The van der Waals surface area contributed by atoms with E-state index in [1.165, 1.54) is 0 Å². The first-order chi connectivity index (χ1) is 8.08. The smallest absolute Gasteiger partial charge is 0.269 e. The molecule has 0 bridgehead atoms. The predicted octanol–water partition coefficient (Wildman–Crippen LogP) is 2.33. The first-order valence-electron chi connectivity index (χ1n) is 4.73. The van der Waals surface area contributed by atoms with E-state index in [1.807, 2.05) is 0 Å². The van der Waals surface area contributed by atoms with Crippen molar-refractivity contribution in [3.63, 3.8) is 0 Å². The van der Waals surface area contributed by atoms with Crippen molar-refractivity contribution in [2.45, 2.75) is 6.92 Å². The lowest BCUT2D eigenvalue weighted by molar-refractivity contribution is 0.103. The Morgan fingerprint density at radius 1 is 1.53 bits per heavy atom. The zero-order chi connectivity index (χ0) is 12.4. The number of hydrogen-bond acceptors (Lipinski definition) is 5. The van der Waals surface area contributed by atoms with Crippen LogP contribution >= 0.6 is 23.1 Å². The van der Waals surface area contributed by atoms with E-state index in [9.17, 15) is 4.79 Å². The van der Waals surface area contributed by atoms with Crippen LogP contribution in [0.3, 0.4) is 0 Å². The molecule has 1 aromatic heterocycles. The molecule has 0 radical (unpaired) electrons. The van der Waals surface area contributed by atoms with Crippen molar-refractivity contribution in [1.82, 2.24) is 9.59 Å². The minimum atomic E-state index is -0.274. The van der Waals surface area contributed by atoms with Gasteiger partial charge in [-0.05, 0) is 36.7 Å². The van der Waals surface area contributed by atoms with Gasteiger partial charge in [0.1, 0.15) is 4.88 Å². The molecule has 0 aliphatic rings. The second kappa shape index (κ2) is 4.68. The van der Waals surface area contributed by atoms with Crippen molar-refractivity contribution in [3.8, 4) is 0 Å². The number of nitrogens with zero attached hydrogens (tertiary/aromatic N) is 2. The molecule has 2 aromatic rings. The van der Waals surface area contributed by atoms with Crippen LogP contribution in [0.1, 0.15) is 15.4 Å². The highest BCUT2D eigenvalue weighted by molar-refractivity contribution is 7.08. The van der Waals surface area contributed by atoms with Gasteiger partial charge in [-0.15, -0.1) is 5.10 Å². The number of hydrogen-bond donors (Lipinski definition) is 2. The summed E-state index contributed by atoms with van der Waals surface area (Å²) in [7, 11) is 0. The molecular weight excluding hydrogens is 260 g/mol. The lowest BCUT2D eigenvalue weighted by atomic mass is 10.2. The number of rotatable bonds is 2. The third kappa shape index (κ3) is 2.54. The summed E-state index contributed by atoms with van der Waals surface area (Å²) in [6.07, 6.45) is 0. The highest BCUT2D eigenvalue weighted by Gasteiger charge is 2.14. The molecule has 0 spiro atoms. The van der Waals surface area contributed by atoms with Crippen LogP contribution in [0.5, 0.6) is 0 Å². The quantitative estimate of drug-likeness (QED) is 0.819. The maximum absolute atomic E-state index is 11.9. The summed E-state index contributed by atoms with van der Waals surface area (Å²) >= 11 is 7.00. The number of aryl methyl sites for hydroxylation is 1. The van der Waals surface area contributed by atoms with Gasteiger partial charge >= 0.3 is 0 Å². The Hall–Kier alpha value is -1.66. The number of benzene rings is 1. The Kier molecular flexibility index (Phi) is 3.26. The first kappa shape index (κ1) is 11.8. The molecule has 5 nitrogen and oxygen atoms in total. The molecule has 0 saturated carbocycles. The summed E-state index contributed by atoms with van der Waals surface area (Å²) < 4.78 is 3.70. The minimum Gasteiger partial charge on any atom is -0.399 e. The normalized spacial score (nSPS) is 10.2. The van der Waals surface area contributed by atoms with Crippen LogP contribution in [0.2, 0.25) is 5.02 Å². The van der Waals surface area contributed by atoms with E-state index < -0.39 is 0 Å². The van der Waals surface area contributed by atoms with Crippen LogP contribution in [0, 0.1) is 6.92 Å². The minimum absolute atomic E-state index is 0.274. The molecule has 1 aromatic carbocycles. The lowest BCUT2D eigenvalue weighted by Gasteiger charge is -2.06. The van der Waals surface area contributed by atoms with E-state index in [1.54, 1.807) is 25.1 Å². The lowest BCUT2D eigenvalue weighted by Crippen LogP contribution is -2.12. The summed E-state index contributed by atoms with van der Waals surface area (Å²) in [6.45, 7) is 1.73. The molecule has 0 aliphatic heterocycles. The maximum atomic E-state index is 11.9. The number of nitrogens with one attached hydrogen (secondary N) is 1. The summed E-state index contributed by atoms with van der Waals surface area (Å²) in [4.78, 5) is 12.3. The molecule has 7 heteroatoms. The fraction of sp³-hybridized carbons (Fsp3) is 0.100. The third-order valence-electron chi connectivity index (χ3n) is 2.10. The fourth-order valence-electron chi connectivity index (χ4n) is 1.25. The second-order valence-corrected chi connectivity index (χ2v) is 4.54. The summed E-state index contributed by atoms with van der Waals surface area (Å²) in [5.41, 5.74) is 7.22. The van der Waals surface area contributed by atoms with Gasteiger partial charge in [0.25, 0.3) is 5.91 Å². The predicted molar refractivity (Wildman–Crippen MR) is 68.5 cm³/mol. The van der Waals surface area contributed by atoms with Gasteiger partial charge in [0.05, 0.1) is 16.4 Å². The van der Waals surface area contributed by atoms with Crippen LogP contribution in [0.4, 0.5) is 11.4 Å². The number of anilines is 2. The zero-order valence-corrected chi connectivity index (χ0v) is 10.5. The van der Waals surface area contributed by atoms with E-state index in [-0.39, 0.29) is 5.91 Å². The Morgan fingerprint density at radius 3 is 2.88 bits per heavy atom. The van der Waals surface area contributed by atoms with Gasteiger partial charge in [-0.3, -0.25) is 4.79 Å². The van der Waals surface area contributed by atoms with Gasteiger partial charge in [-0.2, -0.15) is 0 Å². The van der Waals surface area contributed by atoms with E-state index in [0.717, 1.165) is 11.5 Å². The Bertz CT molecular complexity index is 569. The molecule has 0 atom stereocenters. The topological polar surface area (TPSA) is 80.9 Å².